The van der Waals surface area contributed by atoms with E-state index >= 15 is 0 Å². The second-order valence-corrected chi connectivity index (χ2v) is 8.26. The second kappa shape index (κ2) is 8.56. The van der Waals surface area contributed by atoms with Crippen molar-refractivity contribution in [2.24, 2.45) is 5.92 Å². The van der Waals surface area contributed by atoms with Gasteiger partial charge in [0.1, 0.15) is 11.9 Å². The van der Waals surface area contributed by atoms with Crippen molar-refractivity contribution in [1.82, 2.24) is 5.32 Å². The molecule has 1 amide bonds. The van der Waals surface area contributed by atoms with Gasteiger partial charge >= 0.3 is 7.60 Å². The normalized spacial score (nSPS) is 21.2. The molecule has 2 rings (SSSR count). The first-order valence-corrected chi connectivity index (χ1v) is 9.79. The molecule has 1 aromatic rings. The molecule has 132 valence electrons. The van der Waals surface area contributed by atoms with E-state index in [0.29, 0.717) is 18.4 Å². The molecule has 0 heterocycles. The fraction of sp³-hybridized carbons (Fsp3) is 0.529. The van der Waals surface area contributed by atoms with E-state index in [1.54, 1.807) is 12.1 Å². The van der Waals surface area contributed by atoms with Crippen molar-refractivity contribution in [3.8, 4) is 0 Å². The summed E-state index contributed by atoms with van der Waals surface area (Å²) in [5, 5.41) is 3.01. The molecule has 0 bridgehead atoms. The molecule has 0 unspecified atom stereocenters. The van der Waals surface area contributed by atoms with Gasteiger partial charge in [-0.25, -0.2) is 0 Å². The Balaban J connectivity index is 1.82. The molecular formula is C17H24NO5P. The zero-order valence-corrected chi connectivity index (χ0v) is 15.0. The van der Waals surface area contributed by atoms with Gasteiger partial charge in [0.2, 0.25) is 0 Å². The lowest BCUT2D eigenvalue weighted by Crippen LogP contribution is -2.39. The van der Waals surface area contributed by atoms with Crippen LogP contribution in [0.25, 0.3) is 0 Å². The minimum absolute atomic E-state index is 0.0680. The van der Waals surface area contributed by atoms with E-state index in [1.165, 1.54) is 14.2 Å². The van der Waals surface area contributed by atoms with E-state index < -0.39 is 7.60 Å². The number of nitrogens with one attached hydrogen (secondary N) is 1. The summed E-state index contributed by atoms with van der Waals surface area (Å²) < 4.78 is 21.7. The third-order valence-corrected chi connectivity index (χ3v) is 6.27. The molecule has 0 atom stereocenters. The summed E-state index contributed by atoms with van der Waals surface area (Å²) in [5.74, 6) is -0.322. The van der Waals surface area contributed by atoms with E-state index in [9.17, 15) is 14.2 Å². The Morgan fingerprint density at radius 2 is 1.67 bits per heavy atom. The second-order valence-electron chi connectivity index (χ2n) is 5.99. The molecule has 1 aliphatic carbocycles. The van der Waals surface area contributed by atoms with Crippen LogP contribution in [0, 0.1) is 5.92 Å². The van der Waals surface area contributed by atoms with Crippen molar-refractivity contribution in [2.75, 3.05) is 20.4 Å². The summed E-state index contributed by atoms with van der Waals surface area (Å²) in [6.07, 6.45) is 2.63. The first-order valence-electron chi connectivity index (χ1n) is 8.06. The van der Waals surface area contributed by atoms with Crippen LogP contribution >= 0.6 is 7.60 Å². The van der Waals surface area contributed by atoms with Gasteiger partial charge in [0.05, 0.1) is 0 Å². The standard InChI is InChI=1S/C17H24NO5P/c1-22-24(21,23-2)12-16(19)13-8-10-15(11-9-13)18-17(20)14-6-4-3-5-7-14/h3-7,13,15H,8-12H2,1-2H3,(H,18,20). The molecule has 0 saturated heterocycles. The molecular weight excluding hydrogens is 329 g/mol. The summed E-state index contributed by atoms with van der Waals surface area (Å²) in [5.41, 5.74) is 0.636. The van der Waals surface area contributed by atoms with Crippen molar-refractivity contribution < 1.29 is 23.2 Å². The molecule has 24 heavy (non-hydrogen) atoms. The Labute approximate surface area is 142 Å². The monoisotopic (exact) mass is 353 g/mol. The summed E-state index contributed by atoms with van der Waals surface area (Å²) in [4.78, 5) is 24.4. The van der Waals surface area contributed by atoms with Gasteiger partial charge in [0, 0.05) is 31.7 Å². The van der Waals surface area contributed by atoms with Crippen molar-refractivity contribution in [1.29, 1.82) is 0 Å². The fourth-order valence-electron chi connectivity index (χ4n) is 2.94. The van der Waals surface area contributed by atoms with Gasteiger partial charge in [0.15, 0.2) is 0 Å². The highest BCUT2D eigenvalue weighted by molar-refractivity contribution is 7.54. The number of hydrogen-bond donors (Lipinski definition) is 1. The number of rotatable bonds is 7. The number of hydrogen-bond acceptors (Lipinski definition) is 5. The Morgan fingerprint density at radius 3 is 2.21 bits per heavy atom. The minimum Gasteiger partial charge on any atom is -0.349 e. The molecule has 0 aliphatic heterocycles. The Bertz CT molecular complexity index is 603. The molecule has 1 saturated carbocycles. The SMILES string of the molecule is COP(=O)(CC(=O)C1CCC(NC(=O)c2ccccc2)CC1)OC. The smallest absolute Gasteiger partial charge is 0.337 e. The maximum atomic E-state index is 12.3. The first-order chi connectivity index (χ1) is 11.5. The van der Waals surface area contributed by atoms with E-state index in [1.807, 2.05) is 18.2 Å². The average molecular weight is 353 g/mol. The van der Waals surface area contributed by atoms with Gasteiger partial charge in [-0.1, -0.05) is 18.2 Å². The van der Waals surface area contributed by atoms with Gasteiger partial charge < -0.3 is 14.4 Å². The zero-order valence-electron chi connectivity index (χ0n) is 14.1. The van der Waals surface area contributed by atoms with Crippen molar-refractivity contribution in [3.05, 3.63) is 35.9 Å². The highest BCUT2D eigenvalue weighted by atomic mass is 31.2. The van der Waals surface area contributed by atoms with Crippen molar-refractivity contribution >= 4 is 19.3 Å². The van der Waals surface area contributed by atoms with E-state index in [0.717, 1.165) is 12.8 Å². The van der Waals surface area contributed by atoms with Gasteiger partial charge in [-0.15, -0.1) is 0 Å². The lowest BCUT2D eigenvalue weighted by Gasteiger charge is -2.28. The number of carbonyl (C=O) groups is 2. The van der Waals surface area contributed by atoms with Crippen LogP contribution in [0.4, 0.5) is 0 Å². The highest BCUT2D eigenvalue weighted by Crippen LogP contribution is 2.47. The average Bonchev–Trinajstić information content (AvgIpc) is 2.62. The summed E-state index contributed by atoms with van der Waals surface area (Å²) in [7, 11) is -0.731. The summed E-state index contributed by atoms with van der Waals surface area (Å²) in [6, 6.07) is 9.14. The highest BCUT2D eigenvalue weighted by Gasteiger charge is 2.32. The molecule has 6 nitrogen and oxygen atoms in total. The molecule has 0 spiro atoms. The van der Waals surface area contributed by atoms with Gasteiger partial charge in [-0.05, 0) is 37.8 Å². The van der Waals surface area contributed by atoms with Crippen LogP contribution in [0.2, 0.25) is 0 Å². The van der Waals surface area contributed by atoms with Crippen LogP contribution in [-0.4, -0.2) is 38.1 Å². The van der Waals surface area contributed by atoms with Crippen LogP contribution in [0.15, 0.2) is 30.3 Å². The maximum absolute atomic E-state index is 12.3. The predicted molar refractivity (Wildman–Crippen MR) is 91.2 cm³/mol. The Kier molecular flexibility index (Phi) is 6.72. The van der Waals surface area contributed by atoms with Crippen molar-refractivity contribution in [3.63, 3.8) is 0 Å². The lowest BCUT2D eigenvalue weighted by molar-refractivity contribution is -0.121. The Morgan fingerprint density at radius 1 is 1.08 bits per heavy atom. The number of ketones is 1. The molecule has 7 heteroatoms. The largest absolute Gasteiger partial charge is 0.349 e. The molecule has 1 aliphatic rings. The van der Waals surface area contributed by atoms with Crippen LogP contribution in [0.3, 0.4) is 0 Å². The number of amides is 1. The van der Waals surface area contributed by atoms with Crippen LogP contribution < -0.4 is 5.32 Å². The minimum atomic E-state index is -3.30. The summed E-state index contributed by atoms with van der Waals surface area (Å²) in [6.45, 7) is 0. The lowest BCUT2D eigenvalue weighted by atomic mass is 9.84. The molecule has 1 fully saturated rings. The van der Waals surface area contributed by atoms with E-state index in [-0.39, 0.29) is 29.8 Å². The van der Waals surface area contributed by atoms with E-state index in [2.05, 4.69) is 5.32 Å². The van der Waals surface area contributed by atoms with Gasteiger partial charge in [0.25, 0.3) is 5.91 Å². The Hall–Kier alpha value is -1.49. The molecule has 1 aromatic carbocycles. The summed E-state index contributed by atoms with van der Waals surface area (Å²) >= 11 is 0. The number of carbonyl (C=O) groups excluding carboxylic acids is 2. The predicted octanol–water partition coefficient (Wildman–Crippen LogP) is 3.03. The van der Waals surface area contributed by atoms with Crippen LogP contribution in [0.5, 0.6) is 0 Å². The quantitative estimate of drug-likeness (QED) is 0.762. The molecule has 0 radical (unpaired) electrons. The molecule has 1 N–H and O–H groups in total. The van der Waals surface area contributed by atoms with Crippen molar-refractivity contribution in [2.45, 2.75) is 31.7 Å². The topological polar surface area (TPSA) is 81.7 Å². The maximum Gasteiger partial charge on any atom is 0.337 e. The first kappa shape index (κ1) is 18.8. The number of Topliss-reactive ketones (excluding diaryl/α,β-unsaturated/α-hetero) is 1. The van der Waals surface area contributed by atoms with Crippen LogP contribution in [-0.2, 0) is 18.4 Å². The zero-order chi connectivity index (χ0) is 17.6. The number of benzene rings is 1. The van der Waals surface area contributed by atoms with Gasteiger partial charge in [-0.2, -0.15) is 0 Å². The third-order valence-electron chi connectivity index (χ3n) is 4.46. The van der Waals surface area contributed by atoms with E-state index in [4.69, 9.17) is 9.05 Å². The molecule has 0 aromatic heterocycles. The third kappa shape index (κ3) is 5.00. The van der Waals surface area contributed by atoms with Crippen LogP contribution in [0.1, 0.15) is 36.0 Å². The fourth-order valence-corrected chi connectivity index (χ4v) is 3.99. The van der Waals surface area contributed by atoms with Gasteiger partial charge in [-0.3, -0.25) is 14.2 Å².